The number of benzene rings is 2. The first-order valence-electron chi connectivity index (χ1n) is 8.83. The number of hydrogen-bond donors (Lipinski definition) is 2. The molecule has 0 spiro atoms. The molecule has 0 saturated heterocycles. The van der Waals surface area contributed by atoms with Gasteiger partial charge in [0.2, 0.25) is 5.91 Å². The number of nitrogens with one attached hydrogen (secondary N) is 1. The second-order valence-electron chi connectivity index (χ2n) is 6.16. The van der Waals surface area contributed by atoms with E-state index in [1.807, 2.05) is 49.4 Å². The third-order valence-corrected chi connectivity index (χ3v) is 4.20. The number of carboxylic acids is 1. The summed E-state index contributed by atoms with van der Waals surface area (Å²) in [4.78, 5) is 22.2. The zero-order valence-electron chi connectivity index (χ0n) is 15.7. The van der Waals surface area contributed by atoms with E-state index in [9.17, 15) is 9.59 Å². The fraction of sp³-hybridized carbons (Fsp3) is 0.333. The van der Waals surface area contributed by atoms with E-state index in [1.165, 1.54) is 0 Å². The summed E-state index contributed by atoms with van der Waals surface area (Å²) in [6.45, 7) is 2.85. The molecule has 2 aromatic rings. The lowest BCUT2D eigenvalue weighted by molar-refractivity contribution is -0.138. The third kappa shape index (κ3) is 6.33. The van der Waals surface area contributed by atoms with Crippen LogP contribution in [0.3, 0.4) is 0 Å². The van der Waals surface area contributed by atoms with Crippen molar-refractivity contribution in [1.82, 2.24) is 5.32 Å². The fourth-order valence-corrected chi connectivity index (χ4v) is 2.65. The fourth-order valence-electron chi connectivity index (χ4n) is 2.65. The highest BCUT2D eigenvalue weighted by Crippen LogP contribution is 2.32. The quantitative estimate of drug-likeness (QED) is 0.670. The molecule has 0 aliphatic carbocycles. The molecule has 6 nitrogen and oxygen atoms in total. The van der Waals surface area contributed by atoms with Gasteiger partial charge in [0.1, 0.15) is 6.61 Å². The Balaban J connectivity index is 2.00. The van der Waals surface area contributed by atoms with Crippen LogP contribution >= 0.6 is 0 Å². The number of ether oxygens (including phenoxy) is 2. The highest BCUT2D eigenvalue weighted by molar-refractivity contribution is 5.80. The summed E-state index contributed by atoms with van der Waals surface area (Å²) in [5.74, 6) is 0.0360. The van der Waals surface area contributed by atoms with Gasteiger partial charge in [-0.15, -0.1) is 0 Å². The molecule has 0 atom stereocenters. The number of aryl methyl sites for hydroxylation is 1. The van der Waals surface area contributed by atoms with Crippen molar-refractivity contribution in [3.8, 4) is 11.5 Å². The molecule has 0 radical (unpaired) electrons. The first kappa shape index (κ1) is 20.3. The van der Waals surface area contributed by atoms with Crippen molar-refractivity contribution >= 4 is 11.9 Å². The molecule has 0 saturated carbocycles. The summed E-state index contributed by atoms with van der Waals surface area (Å²) in [6, 6.07) is 13.7. The third-order valence-electron chi connectivity index (χ3n) is 4.20. The Bertz CT molecular complexity index is 788. The van der Waals surface area contributed by atoms with E-state index in [0.29, 0.717) is 31.1 Å². The molecule has 0 aliphatic rings. The van der Waals surface area contributed by atoms with Crippen LogP contribution in [0, 0.1) is 6.92 Å². The van der Waals surface area contributed by atoms with Crippen LogP contribution in [-0.2, 0) is 22.6 Å². The zero-order valence-corrected chi connectivity index (χ0v) is 15.7. The topological polar surface area (TPSA) is 84.9 Å². The Hall–Kier alpha value is -3.02. The number of carboxylic acid groups (broad SMARTS) is 1. The van der Waals surface area contributed by atoms with Gasteiger partial charge in [0.05, 0.1) is 13.5 Å². The number of carbonyl (C=O) groups is 2. The summed E-state index contributed by atoms with van der Waals surface area (Å²) in [5.41, 5.74) is 3.16. The lowest BCUT2D eigenvalue weighted by atomic mass is 10.1. The number of para-hydroxylation sites is 1. The van der Waals surface area contributed by atoms with Crippen LogP contribution in [0.1, 0.15) is 29.5 Å². The highest BCUT2D eigenvalue weighted by Gasteiger charge is 2.12. The minimum Gasteiger partial charge on any atom is -0.493 e. The van der Waals surface area contributed by atoms with Gasteiger partial charge < -0.3 is 19.9 Å². The Morgan fingerprint density at radius 1 is 1.04 bits per heavy atom. The maximum atomic E-state index is 11.7. The molecule has 2 rings (SSSR count). The number of rotatable bonds is 10. The lowest BCUT2D eigenvalue weighted by Gasteiger charge is -2.16. The Morgan fingerprint density at radius 3 is 2.48 bits per heavy atom. The summed E-state index contributed by atoms with van der Waals surface area (Å²) in [6.07, 6.45) is 0.360. The SMILES string of the molecule is COc1cccc(CCNC(=O)CCC(=O)O)c1OCc1ccccc1C. The molecule has 0 unspecified atom stereocenters. The van der Waals surface area contributed by atoms with Gasteiger partial charge in [-0.25, -0.2) is 0 Å². The molecular formula is C21H25NO5. The summed E-state index contributed by atoms with van der Waals surface area (Å²) < 4.78 is 11.5. The minimum absolute atomic E-state index is 0.0237. The van der Waals surface area contributed by atoms with Gasteiger partial charge in [0.15, 0.2) is 11.5 Å². The molecule has 0 heterocycles. The van der Waals surface area contributed by atoms with Crippen LogP contribution in [0.4, 0.5) is 0 Å². The van der Waals surface area contributed by atoms with Crippen molar-refractivity contribution in [2.45, 2.75) is 32.8 Å². The summed E-state index contributed by atoms with van der Waals surface area (Å²) in [7, 11) is 1.59. The Labute approximate surface area is 159 Å². The van der Waals surface area contributed by atoms with Crippen molar-refractivity contribution in [2.75, 3.05) is 13.7 Å². The first-order chi connectivity index (χ1) is 13.0. The standard InChI is InChI=1S/C21H25NO5/c1-15-6-3-4-7-17(15)14-27-21-16(8-5-9-18(21)26-2)12-13-22-19(23)10-11-20(24)25/h3-9H,10-14H2,1-2H3,(H,22,23)(H,24,25). The van der Waals surface area contributed by atoms with Crippen LogP contribution in [-0.4, -0.2) is 30.6 Å². The largest absolute Gasteiger partial charge is 0.493 e. The van der Waals surface area contributed by atoms with Gasteiger partial charge in [-0.1, -0.05) is 36.4 Å². The van der Waals surface area contributed by atoms with Crippen LogP contribution in [0.15, 0.2) is 42.5 Å². The normalized spacial score (nSPS) is 10.3. The molecule has 0 bridgehead atoms. The molecule has 0 fully saturated rings. The number of hydrogen-bond acceptors (Lipinski definition) is 4. The van der Waals surface area contributed by atoms with E-state index in [2.05, 4.69) is 5.32 Å². The van der Waals surface area contributed by atoms with E-state index >= 15 is 0 Å². The highest BCUT2D eigenvalue weighted by atomic mass is 16.5. The second kappa shape index (κ2) is 10.2. The number of methoxy groups -OCH3 is 1. The van der Waals surface area contributed by atoms with Gasteiger partial charge in [0, 0.05) is 13.0 Å². The molecule has 6 heteroatoms. The average Bonchev–Trinajstić information content (AvgIpc) is 2.66. The summed E-state index contributed by atoms with van der Waals surface area (Å²) in [5, 5.41) is 11.4. The molecule has 2 N–H and O–H groups in total. The van der Waals surface area contributed by atoms with Gasteiger partial charge in [-0.2, -0.15) is 0 Å². The molecule has 1 amide bonds. The zero-order chi connectivity index (χ0) is 19.6. The van der Waals surface area contributed by atoms with E-state index < -0.39 is 5.97 Å². The lowest BCUT2D eigenvalue weighted by Crippen LogP contribution is -2.26. The number of aliphatic carboxylic acids is 1. The van der Waals surface area contributed by atoms with Crippen molar-refractivity contribution < 1.29 is 24.2 Å². The number of amides is 1. The van der Waals surface area contributed by atoms with Crippen LogP contribution in [0.5, 0.6) is 11.5 Å². The monoisotopic (exact) mass is 371 g/mol. The Morgan fingerprint density at radius 2 is 1.78 bits per heavy atom. The van der Waals surface area contributed by atoms with Crippen LogP contribution in [0.2, 0.25) is 0 Å². The van der Waals surface area contributed by atoms with Gasteiger partial charge in [-0.05, 0) is 36.1 Å². The minimum atomic E-state index is -0.982. The van der Waals surface area contributed by atoms with E-state index in [0.717, 1.165) is 16.7 Å². The average molecular weight is 371 g/mol. The molecule has 0 aliphatic heterocycles. The maximum Gasteiger partial charge on any atom is 0.303 e. The summed E-state index contributed by atoms with van der Waals surface area (Å²) >= 11 is 0. The maximum absolute atomic E-state index is 11.7. The molecule has 144 valence electrons. The van der Waals surface area contributed by atoms with E-state index in [4.69, 9.17) is 14.6 Å². The predicted octanol–water partition coefficient (Wildman–Crippen LogP) is 3.11. The molecule has 0 aromatic heterocycles. The van der Waals surface area contributed by atoms with E-state index in [-0.39, 0.29) is 18.7 Å². The van der Waals surface area contributed by atoms with Crippen molar-refractivity contribution in [3.05, 3.63) is 59.2 Å². The molecular weight excluding hydrogens is 346 g/mol. The van der Waals surface area contributed by atoms with Crippen molar-refractivity contribution in [1.29, 1.82) is 0 Å². The molecule has 27 heavy (non-hydrogen) atoms. The first-order valence-corrected chi connectivity index (χ1v) is 8.83. The van der Waals surface area contributed by atoms with Gasteiger partial charge >= 0.3 is 5.97 Å². The van der Waals surface area contributed by atoms with Crippen LogP contribution in [0.25, 0.3) is 0 Å². The van der Waals surface area contributed by atoms with Gasteiger partial charge in [-0.3, -0.25) is 9.59 Å². The number of carbonyl (C=O) groups excluding carboxylic acids is 1. The van der Waals surface area contributed by atoms with Gasteiger partial charge in [0.25, 0.3) is 0 Å². The van der Waals surface area contributed by atoms with Crippen molar-refractivity contribution in [3.63, 3.8) is 0 Å². The predicted molar refractivity (Wildman–Crippen MR) is 102 cm³/mol. The Kier molecular flexibility index (Phi) is 7.67. The molecule has 2 aromatic carbocycles. The van der Waals surface area contributed by atoms with E-state index in [1.54, 1.807) is 7.11 Å². The van der Waals surface area contributed by atoms with Crippen LogP contribution < -0.4 is 14.8 Å². The van der Waals surface area contributed by atoms with Crippen molar-refractivity contribution in [2.24, 2.45) is 0 Å². The smallest absolute Gasteiger partial charge is 0.303 e. The second-order valence-corrected chi connectivity index (χ2v) is 6.16.